The van der Waals surface area contributed by atoms with Crippen LogP contribution in [-0.4, -0.2) is 28.5 Å². The van der Waals surface area contributed by atoms with Gasteiger partial charge in [0.05, 0.1) is 25.7 Å². The minimum atomic E-state index is -0.602. The molecule has 102 valence electrons. The Bertz CT molecular complexity index is 527. The van der Waals surface area contributed by atoms with Gasteiger partial charge in [-0.05, 0) is 24.6 Å². The van der Waals surface area contributed by atoms with Crippen molar-refractivity contribution < 1.29 is 14.4 Å². The first kappa shape index (κ1) is 13.5. The van der Waals surface area contributed by atoms with Gasteiger partial charge in [-0.3, -0.25) is 0 Å². The second-order valence-corrected chi connectivity index (χ2v) is 4.25. The smallest absolute Gasteiger partial charge is 0.230 e. The Balaban J connectivity index is 1.84. The average Bonchev–Trinajstić information content (AvgIpc) is 2.87. The van der Waals surface area contributed by atoms with Crippen molar-refractivity contribution in [3.8, 4) is 5.75 Å². The van der Waals surface area contributed by atoms with Gasteiger partial charge in [0.1, 0.15) is 5.75 Å². The average molecular weight is 263 g/mol. The third-order valence-corrected chi connectivity index (χ3v) is 2.59. The number of aliphatic hydroxyl groups is 1. The van der Waals surface area contributed by atoms with Gasteiger partial charge >= 0.3 is 0 Å². The molecule has 0 saturated carbocycles. The summed E-state index contributed by atoms with van der Waals surface area (Å²) in [6.45, 7) is 2.24. The summed E-state index contributed by atoms with van der Waals surface area (Å²) in [6.07, 6.45) is 0.499. The summed E-state index contributed by atoms with van der Waals surface area (Å²) in [4.78, 5) is 4.09. The fourth-order valence-electron chi connectivity index (χ4n) is 1.56. The van der Waals surface area contributed by atoms with Crippen molar-refractivity contribution in [1.29, 1.82) is 0 Å². The molecule has 0 radical (unpaired) electrons. The lowest BCUT2D eigenvalue weighted by atomic mass is 10.2. The molecule has 1 atom stereocenters. The van der Waals surface area contributed by atoms with Gasteiger partial charge in [0.2, 0.25) is 5.89 Å². The first-order chi connectivity index (χ1) is 9.19. The summed E-state index contributed by atoms with van der Waals surface area (Å²) in [5.74, 6) is 1.58. The molecule has 0 aliphatic heterocycles. The molecule has 2 rings (SSSR count). The van der Waals surface area contributed by atoms with Gasteiger partial charge in [-0.1, -0.05) is 17.3 Å². The molecule has 3 N–H and O–H groups in total. The molecule has 1 aromatic heterocycles. The summed E-state index contributed by atoms with van der Waals surface area (Å²) in [6, 6.07) is 7.20. The molecule has 0 amide bonds. The molecule has 0 bridgehead atoms. The van der Waals surface area contributed by atoms with E-state index in [1.807, 2.05) is 31.2 Å². The Hall–Kier alpha value is -1.92. The summed E-state index contributed by atoms with van der Waals surface area (Å²) in [5.41, 5.74) is 6.72. The fraction of sp³-hybridized carbons (Fsp3) is 0.385. The van der Waals surface area contributed by atoms with Crippen LogP contribution in [0.4, 0.5) is 0 Å². The van der Waals surface area contributed by atoms with Crippen molar-refractivity contribution in [2.24, 2.45) is 5.73 Å². The Morgan fingerprint density at radius 1 is 1.47 bits per heavy atom. The van der Waals surface area contributed by atoms with Crippen molar-refractivity contribution in [1.82, 2.24) is 10.1 Å². The maximum Gasteiger partial charge on any atom is 0.230 e. The molecular weight excluding hydrogens is 246 g/mol. The normalized spacial score (nSPS) is 12.4. The second kappa shape index (κ2) is 6.31. The molecule has 0 fully saturated rings. The van der Waals surface area contributed by atoms with Gasteiger partial charge < -0.3 is 20.1 Å². The summed E-state index contributed by atoms with van der Waals surface area (Å²) in [5, 5.41) is 12.6. The highest BCUT2D eigenvalue weighted by atomic mass is 16.5. The van der Waals surface area contributed by atoms with E-state index in [0.717, 1.165) is 11.3 Å². The maximum absolute atomic E-state index is 8.88. The monoisotopic (exact) mass is 263 g/mol. The molecule has 0 spiro atoms. The predicted octanol–water partition coefficient (Wildman–Crippen LogP) is 0.992. The topological polar surface area (TPSA) is 94.4 Å². The molecular formula is C13H17N3O3. The summed E-state index contributed by atoms with van der Waals surface area (Å²) >= 11 is 0. The first-order valence-corrected chi connectivity index (χ1v) is 6.07. The van der Waals surface area contributed by atoms with E-state index in [0.29, 0.717) is 24.7 Å². The molecule has 2 aromatic rings. The predicted molar refractivity (Wildman–Crippen MR) is 68.7 cm³/mol. The molecule has 1 unspecified atom stereocenters. The minimum Gasteiger partial charge on any atom is -0.493 e. The molecule has 1 aromatic carbocycles. The van der Waals surface area contributed by atoms with Crippen LogP contribution < -0.4 is 10.5 Å². The van der Waals surface area contributed by atoms with E-state index < -0.39 is 6.04 Å². The van der Waals surface area contributed by atoms with Gasteiger partial charge in [-0.2, -0.15) is 4.98 Å². The quantitative estimate of drug-likeness (QED) is 0.807. The number of nitrogens with zero attached hydrogens (tertiary/aromatic N) is 2. The fourth-order valence-corrected chi connectivity index (χ4v) is 1.56. The molecule has 0 aliphatic carbocycles. The number of hydrogen-bond acceptors (Lipinski definition) is 6. The molecule has 0 aliphatic rings. The lowest BCUT2D eigenvalue weighted by molar-refractivity contribution is 0.258. The first-order valence-electron chi connectivity index (χ1n) is 6.07. The Morgan fingerprint density at radius 2 is 2.32 bits per heavy atom. The van der Waals surface area contributed by atoms with Crippen LogP contribution in [0.25, 0.3) is 0 Å². The number of aliphatic hydroxyl groups excluding tert-OH is 1. The molecule has 1 heterocycles. The highest BCUT2D eigenvalue weighted by Gasteiger charge is 2.12. The highest BCUT2D eigenvalue weighted by Crippen LogP contribution is 2.13. The van der Waals surface area contributed by atoms with Crippen molar-refractivity contribution in [2.75, 3.05) is 13.2 Å². The van der Waals surface area contributed by atoms with Crippen molar-refractivity contribution in [2.45, 2.75) is 19.4 Å². The van der Waals surface area contributed by atoms with Gasteiger partial charge in [0, 0.05) is 0 Å². The van der Waals surface area contributed by atoms with Crippen LogP contribution in [0.3, 0.4) is 0 Å². The van der Waals surface area contributed by atoms with Gasteiger partial charge in [-0.15, -0.1) is 0 Å². The van der Waals surface area contributed by atoms with Crippen LogP contribution in [0, 0.1) is 6.92 Å². The van der Waals surface area contributed by atoms with Gasteiger partial charge in [-0.25, -0.2) is 0 Å². The third-order valence-electron chi connectivity index (χ3n) is 2.59. The lowest BCUT2D eigenvalue weighted by Gasteiger charge is -2.04. The zero-order valence-electron chi connectivity index (χ0n) is 10.7. The van der Waals surface area contributed by atoms with Crippen LogP contribution in [-0.2, 0) is 6.42 Å². The second-order valence-electron chi connectivity index (χ2n) is 4.25. The van der Waals surface area contributed by atoms with Crippen LogP contribution in [0.1, 0.15) is 23.3 Å². The Morgan fingerprint density at radius 3 is 3.05 bits per heavy atom. The molecule has 6 heteroatoms. The van der Waals surface area contributed by atoms with Gasteiger partial charge in [0.15, 0.2) is 5.82 Å². The molecule has 0 saturated heterocycles. The van der Waals surface area contributed by atoms with E-state index in [1.54, 1.807) is 0 Å². The van der Waals surface area contributed by atoms with Crippen LogP contribution in [0.2, 0.25) is 0 Å². The maximum atomic E-state index is 8.88. The van der Waals surface area contributed by atoms with E-state index >= 15 is 0 Å². The van der Waals surface area contributed by atoms with E-state index in [9.17, 15) is 0 Å². The Labute approximate surface area is 111 Å². The zero-order chi connectivity index (χ0) is 13.7. The largest absolute Gasteiger partial charge is 0.493 e. The number of aromatic nitrogens is 2. The Kier molecular flexibility index (Phi) is 4.48. The number of rotatable bonds is 6. The molecule has 19 heavy (non-hydrogen) atoms. The number of ether oxygens (including phenoxy) is 1. The van der Waals surface area contributed by atoms with E-state index in [2.05, 4.69) is 10.1 Å². The molecule has 6 nitrogen and oxygen atoms in total. The van der Waals surface area contributed by atoms with E-state index in [-0.39, 0.29) is 6.61 Å². The van der Waals surface area contributed by atoms with Gasteiger partial charge in [0.25, 0.3) is 0 Å². The summed E-state index contributed by atoms with van der Waals surface area (Å²) < 4.78 is 10.6. The number of aryl methyl sites for hydroxylation is 1. The highest BCUT2D eigenvalue weighted by molar-refractivity contribution is 5.27. The zero-order valence-corrected chi connectivity index (χ0v) is 10.7. The van der Waals surface area contributed by atoms with Crippen LogP contribution in [0.5, 0.6) is 5.75 Å². The standard InChI is InChI=1S/C13H17N3O3/c1-9-3-2-4-10(7-9)18-6-5-12-15-13(16-19-12)11(14)8-17/h2-4,7,11,17H,5-6,8,14H2,1H3. The summed E-state index contributed by atoms with van der Waals surface area (Å²) in [7, 11) is 0. The van der Waals surface area contributed by atoms with Crippen molar-refractivity contribution in [3.63, 3.8) is 0 Å². The van der Waals surface area contributed by atoms with Crippen LogP contribution in [0.15, 0.2) is 28.8 Å². The lowest BCUT2D eigenvalue weighted by Crippen LogP contribution is -2.16. The number of hydrogen-bond donors (Lipinski definition) is 2. The SMILES string of the molecule is Cc1cccc(OCCc2nc(C(N)CO)no2)c1. The van der Waals surface area contributed by atoms with Crippen molar-refractivity contribution >= 4 is 0 Å². The van der Waals surface area contributed by atoms with E-state index in [4.69, 9.17) is 20.1 Å². The number of benzene rings is 1. The van der Waals surface area contributed by atoms with Crippen LogP contribution >= 0.6 is 0 Å². The van der Waals surface area contributed by atoms with E-state index in [1.165, 1.54) is 0 Å². The minimum absolute atomic E-state index is 0.210. The van der Waals surface area contributed by atoms with Crippen molar-refractivity contribution in [3.05, 3.63) is 41.5 Å². The third kappa shape index (κ3) is 3.77. The number of nitrogens with two attached hydrogens (primary N) is 1.